The fraction of sp³-hybridized carbons (Fsp3) is 0.261. The molecule has 0 saturated carbocycles. The Hall–Kier alpha value is -2.64. The third kappa shape index (κ3) is 4.42. The highest BCUT2D eigenvalue weighted by atomic mass is 32.2. The average molecular weight is 438 g/mol. The Labute approximate surface area is 184 Å². The third-order valence-electron chi connectivity index (χ3n) is 5.17. The van der Waals surface area contributed by atoms with Crippen LogP contribution in [0, 0.1) is 6.92 Å². The second-order valence-corrected chi connectivity index (χ2v) is 9.21. The summed E-state index contributed by atoms with van der Waals surface area (Å²) in [5.74, 6) is -0.528. The van der Waals surface area contributed by atoms with Gasteiger partial charge < -0.3 is 5.32 Å². The zero-order valence-corrected chi connectivity index (χ0v) is 18.5. The molecule has 1 unspecified atom stereocenters. The molecule has 1 atom stereocenters. The molecule has 154 valence electrons. The first-order valence-electron chi connectivity index (χ1n) is 9.86. The smallest absolute Gasteiger partial charge is 0.257 e. The second kappa shape index (κ2) is 9.02. The lowest BCUT2D eigenvalue weighted by Crippen LogP contribution is -2.25. The van der Waals surface area contributed by atoms with Crippen molar-refractivity contribution in [2.75, 3.05) is 16.9 Å². The van der Waals surface area contributed by atoms with E-state index in [2.05, 4.69) is 15.6 Å². The quantitative estimate of drug-likeness (QED) is 0.518. The van der Waals surface area contributed by atoms with Crippen LogP contribution in [0.25, 0.3) is 0 Å². The maximum absolute atomic E-state index is 13.0. The van der Waals surface area contributed by atoms with E-state index < -0.39 is 0 Å². The number of hydrogen-bond donors (Lipinski definition) is 2. The number of para-hydroxylation sites is 1. The number of anilines is 2. The second-order valence-electron chi connectivity index (χ2n) is 7.28. The lowest BCUT2D eigenvalue weighted by Gasteiger charge is -2.21. The van der Waals surface area contributed by atoms with Gasteiger partial charge in [0.15, 0.2) is 5.13 Å². The normalized spacial score (nSPS) is 15.3. The van der Waals surface area contributed by atoms with Crippen molar-refractivity contribution in [3.05, 3.63) is 70.2 Å². The number of nitrogens with one attached hydrogen (secondary N) is 2. The Balaban J connectivity index is 1.51. The molecule has 0 spiro atoms. The number of benzene rings is 2. The van der Waals surface area contributed by atoms with Crippen molar-refractivity contribution in [3.8, 4) is 0 Å². The number of rotatable bonds is 5. The largest absolute Gasteiger partial charge is 0.324 e. The van der Waals surface area contributed by atoms with Gasteiger partial charge in [0.25, 0.3) is 5.91 Å². The molecule has 1 aromatic heterocycles. The molecule has 4 rings (SSSR count). The summed E-state index contributed by atoms with van der Waals surface area (Å²) in [6, 6.07) is 15.2. The van der Waals surface area contributed by atoms with Crippen LogP contribution in [0.5, 0.6) is 0 Å². The van der Waals surface area contributed by atoms with Gasteiger partial charge in [-0.1, -0.05) is 29.8 Å². The van der Waals surface area contributed by atoms with E-state index in [1.54, 1.807) is 23.9 Å². The molecule has 1 aliphatic rings. The van der Waals surface area contributed by atoms with E-state index in [4.69, 9.17) is 0 Å². The summed E-state index contributed by atoms with van der Waals surface area (Å²) in [4.78, 5) is 32.3. The predicted molar refractivity (Wildman–Crippen MR) is 124 cm³/mol. The van der Waals surface area contributed by atoms with Gasteiger partial charge in [-0.2, -0.15) is 0 Å². The van der Waals surface area contributed by atoms with Crippen LogP contribution in [0.1, 0.15) is 45.3 Å². The SMILES string of the molecule is CSc1ccccc1NC(=O)C1CCCc2sc(NC(=O)c3ccc(C)cc3)nc21. The van der Waals surface area contributed by atoms with Gasteiger partial charge in [-0.3, -0.25) is 14.9 Å². The minimum Gasteiger partial charge on any atom is -0.324 e. The fourth-order valence-electron chi connectivity index (χ4n) is 3.57. The first-order valence-corrected chi connectivity index (χ1v) is 11.9. The van der Waals surface area contributed by atoms with E-state index in [1.807, 2.05) is 49.6 Å². The molecule has 3 aromatic rings. The number of fused-ring (bicyclic) bond motifs is 1. The minimum atomic E-state index is -0.301. The number of thiazole rings is 1. The first-order chi connectivity index (χ1) is 14.5. The minimum absolute atomic E-state index is 0.0424. The third-order valence-corrected chi connectivity index (χ3v) is 7.01. The van der Waals surface area contributed by atoms with Crippen molar-refractivity contribution < 1.29 is 9.59 Å². The van der Waals surface area contributed by atoms with E-state index in [9.17, 15) is 9.59 Å². The van der Waals surface area contributed by atoms with E-state index in [0.717, 1.165) is 46.0 Å². The van der Waals surface area contributed by atoms with Gasteiger partial charge in [-0.25, -0.2) is 4.98 Å². The van der Waals surface area contributed by atoms with Crippen LogP contribution in [0.4, 0.5) is 10.8 Å². The van der Waals surface area contributed by atoms with E-state index in [-0.39, 0.29) is 17.7 Å². The van der Waals surface area contributed by atoms with Crippen LogP contribution in [0.3, 0.4) is 0 Å². The molecular weight excluding hydrogens is 414 g/mol. The number of aryl methyl sites for hydroxylation is 2. The zero-order chi connectivity index (χ0) is 21.1. The van der Waals surface area contributed by atoms with Crippen LogP contribution >= 0.6 is 23.1 Å². The molecule has 0 radical (unpaired) electrons. The number of carbonyl (C=O) groups is 2. The van der Waals surface area contributed by atoms with Crippen molar-refractivity contribution in [1.82, 2.24) is 4.98 Å². The highest BCUT2D eigenvalue weighted by Crippen LogP contribution is 2.38. The number of carbonyl (C=O) groups excluding carboxylic acids is 2. The highest BCUT2D eigenvalue weighted by molar-refractivity contribution is 7.98. The molecule has 1 heterocycles. The lowest BCUT2D eigenvalue weighted by molar-refractivity contribution is -0.118. The topological polar surface area (TPSA) is 71.1 Å². The lowest BCUT2D eigenvalue weighted by atomic mass is 9.90. The van der Waals surface area contributed by atoms with Gasteiger partial charge in [0, 0.05) is 15.3 Å². The Kier molecular flexibility index (Phi) is 6.20. The van der Waals surface area contributed by atoms with Crippen LogP contribution in [0.2, 0.25) is 0 Å². The summed E-state index contributed by atoms with van der Waals surface area (Å²) in [6.45, 7) is 1.99. The van der Waals surface area contributed by atoms with Gasteiger partial charge in [0.2, 0.25) is 5.91 Å². The van der Waals surface area contributed by atoms with Gasteiger partial charge in [-0.05, 0) is 56.7 Å². The Bertz CT molecular complexity index is 1080. The first kappa shape index (κ1) is 20.6. The van der Waals surface area contributed by atoms with Crippen molar-refractivity contribution in [2.45, 2.75) is 37.0 Å². The Morgan fingerprint density at radius 2 is 1.87 bits per heavy atom. The zero-order valence-electron chi connectivity index (χ0n) is 16.9. The molecule has 0 fully saturated rings. The molecule has 1 aliphatic carbocycles. The highest BCUT2D eigenvalue weighted by Gasteiger charge is 2.31. The Morgan fingerprint density at radius 1 is 1.10 bits per heavy atom. The summed E-state index contributed by atoms with van der Waals surface area (Å²) < 4.78 is 0. The van der Waals surface area contributed by atoms with E-state index >= 15 is 0 Å². The molecule has 7 heteroatoms. The summed E-state index contributed by atoms with van der Waals surface area (Å²) in [6.07, 6.45) is 4.57. The molecule has 0 aliphatic heterocycles. The van der Waals surface area contributed by atoms with E-state index in [0.29, 0.717) is 10.7 Å². The maximum atomic E-state index is 13.0. The van der Waals surface area contributed by atoms with Crippen LogP contribution in [-0.2, 0) is 11.2 Å². The van der Waals surface area contributed by atoms with Crippen molar-refractivity contribution in [3.63, 3.8) is 0 Å². The number of aromatic nitrogens is 1. The van der Waals surface area contributed by atoms with E-state index in [1.165, 1.54) is 11.3 Å². The molecular formula is C23H23N3O2S2. The van der Waals surface area contributed by atoms with Crippen LogP contribution in [-0.4, -0.2) is 23.1 Å². The number of nitrogens with zero attached hydrogens (tertiary/aromatic N) is 1. The molecule has 5 nitrogen and oxygen atoms in total. The standard InChI is InChI=1S/C23H23N3O2S2/c1-14-10-12-15(13-11-14)21(27)26-23-25-20-16(6-5-9-19(20)30-23)22(28)24-17-7-3-4-8-18(17)29-2/h3-4,7-8,10-13,16H,5-6,9H2,1-2H3,(H,24,28)(H,25,26,27). The predicted octanol–water partition coefficient (Wildman–Crippen LogP) is 5.48. The summed E-state index contributed by atoms with van der Waals surface area (Å²) >= 11 is 3.07. The van der Waals surface area contributed by atoms with Crippen LogP contribution in [0.15, 0.2) is 53.4 Å². The molecule has 0 bridgehead atoms. The summed E-state index contributed by atoms with van der Waals surface area (Å²) in [5, 5.41) is 6.52. The monoisotopic (exact) mass is 437 g/mol. The summed E-state index contributed by atoms with van der Waals surface area (Å²) in [7, 11) is 0. The number of hydrogen-bond acceptors (Lipinski definition) is 5. The number of thioether (sulfide) groups is 1. The molecule has 2 N–H and O–H groups in total. The van der Waals surface area contributed by atoms with Gasteiger partial charge >= 0.3 is 0 Å². The molecule has 2 amide bonds. The van der Waals surface area contributed by atoms with Gasteiger partial charge in [0.1, 0.15) is 0 Å². The molecule has 2 aromatic carbocycles. The van der Waals surface area contributed by atoms with Crippen molar-refractivity contribution in [2.24, 2.45) is 0 Å². The molecule has 0 saturated heterocycles. The number of amides is 2. The maximum Gasteiger partial charge on any atom is 0.257 e. The van der Waals surface area contributed by atoms with Gasteiger partial charge in [-0.15, -0.1) is 23.1 Å². The van der Waals surface area contributed by atoms with Crippen molar-refractivity contribution in [1.29, 1.82) is 0 Å². The van der Waals surface area contributed by atoms with Gasteiger partial charge in [0.05, 0.1) is 17.3 Å². The Morgan fingerprint density at radius 3 is 2.63 bits per heavy atom. The van der Waals surface area contributed by atoms with Crippen molar-refractivity contribution >= 4 is 45.7 Å². The van der Waals surface area contributed by atoms with Crippen LogP contribution < -0.4 is 10.6 Å². The fourth-order valence-corrected chi connectivity index (χ4v) is 5.18. The molecule has 30 heavy (non-hydrogen) atoms. The summed E-state index contributed by atoms with van der Waals surface area (Å²) in [5.41, 5.74) is 3.32. The average Bonchev–Trinajstić information content (AvgIpc) is 3.16.